The van der Waals surface area contributed by atoms with Crippen molar-refractivity contribution in [3.05, 3.63) is 70.8 Å². The van der Waals surface area contributed by atoms with Gasteiger partial charge in [-0.15, -0.1) is 0 Å². The smallest absolute Gasteiger partial charge is 0.452 e. The largest absolute Gasteiger partial charge is 0.465 e. The number of amides is 2. The van der Waals surface area contributed by atoms with Gasteiger partial charge in [0.1, 0.15) is 0 Å². The molecule has 2 aromatic carbocycles. The van der Waals surface area contributed by atoms with Gasteiger partial charge in [0, 0.05) is 11.6 Å². The Morgan fingerprint density at radius 3 is 1.84 bits per heavy atom. The highest BCUT2D eigenvalue weighted by Gasteiger charge is 2.48. The van der Waals surface area contributed by atoms with E-state index >= 15 is 0 Å². The lowest BCUT2D eigenvalue weighted by Gasteiger charge is -2.38. The number of Topliss-reactive ketones (excluding diaryl/α,β-unsaturated/α-hetero) is 2. The van der Waals surface area contributed by atoms with Crippen molar-refractivity contribution >= 4 is 29.4 Å². The second kappa shape index (κ2) is 13.5. The summed E-state index contributed by atoms with van der Waals surface area (Å²) in [7, 11) is 1.18. The molecule has 1 aliphatic rings. The summed E-state index contributed by atoms with van der Waals surface area (Å²) < 4.78 is 45.1. The molecular formula is C31H36F3N3O6. The minimum atomic E-state index is -5.26. The Hall–Kier alpha value is -4.06. The standard InChI is InChI=1S/C31H36F3N3O6/c1-16(2)23(35)29(41)37(22-14-20-8-6-7-9-21(20)15-22)25(26(38)18-10-12-19(13-11-18)30(42)43-5)28(40)36-24(17(3)4)27(39)31(32,33)34/h6-13,16-17,22-25H,14-15,35H2,1-5H3,(H,36,40)/t23-,24?,25?/m0/s1. The fourth-order valence-corrected chi connectivity index (χ4v) is 5.07. The Labute approximate surface area is 247 Å². The number of benzene rings is 2. The van der Waals surface area contributed by atoms with Gasteiger partial charge in [0.15, 0.2) is 11.8 Å². The maximum absolute atomic E-state index is 14.1. The second-order valence-electron chi connectivity index (χ2n) is 11.3. The fraction of sp³-hybridized carbons (Fsp3) is 0.452. The van der Waals surface area contributed by atoms with Gasteiger partial charge in [-0.1, -0.05) is 64.1 Å². The van der Waals surface area contributed by atoms with Gasteiger partial charge in [0.05, 0.1) is 24.8 Å². The van der Waals surface area contributed by atoms with Crippen molar-refractivity contribution in [1.82, 2.24) is 10.2 Å². The number of esters is 1. The van der Waals surface area contributed by atoms with Crippen LogP contribution in [0.25, 0.3) is 0 Å². The summed E-state index contributed by atoms with van der Waals surface area (Å²) in [5.74, 6) is -7.18. The zero-order chi connectivity index (χ0) is 32.2. The van der Waals surface area contributed by atoms with Crippen LogP contribution in [-0.4, -0.2) is 71.7 Å². The quantitative estimate of drug-likeness (QED) is 0.229. The molecule has 0 fully saturated rings. The summed E-state index contributed by atoms with van der Waals surface area (Å²) in [6.45, 7) is 6.01. The normalized spacial score (nSPS) is 15.4. The number of ketones is 2. The number of halogens is 3. The minimum absolute atomic E-state index is 0.0949. The highest BCUT2D eigenvalue weighted by atomic mass is 19.4. The van der Waals surface area contributed by atoms with Crippen LogP contribution < -0.4 is 11.1 Å². The van der Waals surface area contributed by atoms with Crippen molar-refractivity contribution in [3.63, 3.8) is 0 Å². The Morgan fingerprint density at radius 1 is 0.884 bits per heavy atom. The maximum atomic E-state index is 14.1. The molecule has 1 aliphatic carbocycles. The van der Waals surface area contributed by atoms with Crippen LogP contribution in [-0.2, 0) is 32.0 Å². The Morgan fingerprint density at radius 2 is 1.40 bits per heavy atom. The summed E-state index contributed by atoms with van der Waals surface area (Å²) in [6.07, 6.45) is -4.73. The number of carbonyl (C=O) groups is 5. The summed E-state index contributed by atoms with van der Waals surface area (Å²) in [4.78, 5) is 67.3. The molecule has 0 aliphatic heterocycles. The van der Waals surface area contributed by atoms with Crippen molar-refractivity contribution < 1.29 is 41.9 Å². The molecule has 0 saturated heterocycles. The molecule has 3 atom stereocenters. The monoisotopic (exact) mass is 603 g/mol. The number of rotatable bonds is 11. The van der Waals surface area contributed by atoms with E-state index in [0.717, 1.165) is 16.0 Å². The third-order valence-corrected chi connectivity index (χ3v) is 7.57. The van der Waals surface area contributed by atoms with E-state index in [4.69, 9.17) is 5.73 Å². The summed E-state index contributed by atoms with van der Waals surface area (Å²) in [5.41, 5.74) is 8.02. The van der Waals surface area contributed by atoms with Crippen molar-refractivity contribution in [2.75, 3.05) is 7.11 Å². The first kappa shape index (κ1) is 33.4. The first-order chi connectivity index (χ1) is 20.1. The summed E-state index contributed by atoms with van der Waals surface area (Å²) in [6, 6.07) is 6.52. The van der Waals surface area contributed by atoms with Gasteiger partial charge in [0.2, 0.25) is 5.91 Å². The van der Waals surface area contributed by atoms with E-state index in [1.165, 1.54) is 45.2 Å². The van der Waals surface area contributed by atoms with Gasteiger partial charge >= 0.3 is 12.1 Å². The van der Waals surface area contributed by atoms with Crippen LogP contribution in [0.4, 0.5) is 13.2 Å². The molecule has 3 N–H and O–H groups in total. The van der Waals surface area contributed by atoms with Crippen LogP contribution in [0.2, 0.25) is 0 Å². The lowest BCUT2D eigenvalue weighted by molar-refractivity contribution is -0.175. The lowest BCUT2D eigenvalue weighted by atomic mass is 9.94. The number of nitrogens with two attached hydrogens (primary N) is 1. The Kier molecular flexibility index (Phi) is 10.5. The van der Waals surface area contributed by atoms with Crippen molar-refractivity contribution in [2.24, 2.45) is 17.6 Å². The molecule has 0 spiro atoms. The third kappa shape index (κ3) is 7.48. The number of nitrogens with one attached hydrogen (secondary N) is 1. The molecule has 2 unspecified atom stereocenters. The second-order valence-corrected chi connectivity index (χ2v) is 11.3. The van der Waals surface area contributed by atoms with Crippen LogP contribution in [0.1, 0.15) is 59.5 Å². The number of methoxy groups -OCH3 is 1. The van der Waals surface area contributed by atoms with Crippen LogP contribution in [0, 0.1) is 11.8 Å². The number of alkyl halides is 3. The molecule has 2 amide bonds. The molecule has 0 aromatic heterocycles. The molecule has 0 heterocycles. The van der Waals surface area contributed by atoms with Gasteiger partial charge < -0.3 is 20.7 Å². The molecular weight excluding hydrogens is 567 g/mol. The zero-order valence-electron chi connectivity index (χ0n) is 24.6. The predicted molar refractivity (Wildman–Crippen MR) is 151 cm³/mol. The molecule has 9 nitrogen and oxygen atoms in total. The van der Waals surface area contributed by atoms with E-state index in [-0.39, 0.29) is 24.0 Å². The maximum Gasteiger partial charge on any atom is 0.452 e. The predicted octanol–water partition coefficient (Wildman–Crippen LogP) is 3.28. The first-order valence-electron chi connectivity index (χ1n) is 13.9. The molecule has 0 bridgehead atoms. The third-order valence-electron chi connectivity index (χ3n) is 7.57. The van der Waals surface area contributed by atoms with E-state index in [1.54, 1.807) is 26.0 Å². The summed E-state index contributed by atoms with van der Waals surface area (Å²) >= 11 is 0. The van der Waals surface area contributed by atoms with Gasteiger partial charge in [0.25, 0.3) is 11.7 Å². The van der Waals surface area contributed by atoms with E-state index in [1.807, 2.05) is 12.1 Å². The number of fused-ring (bicyclic) bond motifs is 1. The van der Waals surface area contributed by atoms with Crippen molar-refractivity contribution in [2.45, 2.75) is 70.9 Å². The van der Waals surface area contributed by atoms with Gasteiger partial charge in [-0.25, -0.2) is 4.79 Å². The van der Waals surface area contributed by atoms with Gasteiger partial charge in [-0.05, 0) is 47.9 Å². The van der Waals surface area contributed by atoms with Gasteiger partial charge in [-0.3, -0.25) is 19.2 Å². The Balaban J connectivity index is 2.15. The van der Waals surface area contributed by atoms with Crippen LogP contribution in [0.5, 0.6) is 0 Å². The number of carbonyl (C=O) groups excluding carboxylic acids is 5. The van der Waals surface area contributed by atoms with E-state index < -0.39 is 71.5 Å². The van der Waals surface area contributed by atoms with E-state index in [9.17, 15) is 37.1 Å². The molecule has 2 aromatic rings. The van der Waals surface area contributed by atoms with Crippen LogP contribution in [0.15, 0.2) is 48.5 Å². The molecule has 0 radical (unpaired) electrons. The topological polar surface area (TPSA) is 136 Å². The van der Waals surface area contributed by atoms with Gasteiger partial charge in [-0.2, -0.15) is 13.2 Å². The van der Waals surface area contributed by atoms with E-state index in [0.29, 0.717) is 0 Å². The molecule has 12 heteroatoms. The number of hydrogen-bond donors (Lipinski definition) is 2. The van der Waals surface area contributed by atoms with Crippen molar-refractivity contribution in [3.8, 4) is 0 Å². The number of nitrogens with zero attached hydrogens (tertiary/aromatic N) is 1. The average molecular weight is 604 g/mol. The average Bonchev–Trinajstić information content (AvgIpc) is 3.39. The Bertz CT molecular complexity index is 1350. The lowest BCUT2D eigenvalue weighted by Crippen LogP contribution is -2.63. The zero-order valence-corrected chi connectivity index (χ0v) is 24.6. The van der Waals surface area contributed by atoms with Crippen LogP contribution in [0.3, 0.4) is 0 Å². The first-order valence-corrected chi connectivity index (χ1v) is 13.9. The van der Waals surface area contributed by atoms with E-state index in [2.05, 4.69) is 10.1 Å². The van der Waals surface area contributed by atoms with Crippen molar-refractivity contribution in [1.29, 1.82) is 0 Å². The molecule has 3 rings (SSSR count). The SMILES string of the molecule is COC(=O)c1ccc(C(=O)C(C(=O)NC(C(=O)C(F)(F)F)C(C)C)N(C(=O)[C@@H](N)C(C)C)C2Cc3ccccc3C2)cc1. The number of ether oxygens (including phenoxy) is 1. The fourth-order valence-electron chi connectivity index (χ4n) is 5.07. The minimum Gasteiger partial charge on any atom is -0.465 e. The highest BCUT2D eigenvalue weighted by Crippen LogP contribution is 2.29. The highest BCUT2D eigenvalue weighted by molar-refractivity contribution is 6.16. The summed E-state index contributed by atoms with van der Waals surface area (Å²) in [5, 5.41) is 2.12. The molecule has 0 saturated carbocycles. The number of hydrogen-bond acceptors (Lipinski definition) is 7. The van der Waals surface area contributed by atoms with Crippen LogP contribution >= 0.6 is 0 Å². The molecule has 232 valence electrons. The molecule has 43 heavy (non-hydrogen) atoms.